The summed E-state index contributed by atoms with van der Waals surface area (Å²) in [7, 11) is 0. The van der Waals surface area contributed by atoms with E-state index >= 15 is 0 Å². The van der Waals surface area contributed by atoms with Crippen molar-refractivity contribution in [3.8, 4) is 0 Å². The minimum Gasteiger partial charge on any atom is -0.465 e. The molecule has 0 saturated carbocycles. The summed E-state index contributed by atoms with van der Waals surface area (Å²) in [6, 6.07) is -0.274. The highest BCUT2D eigenvalue weighted by Crippen LogP contribution is 2.06. The Morgan fingerprint density at radius 3 is 3.00 bits per heavy atom. The van der Waals surface area contributed by atoms with E-state index in [1.54, 1.807) is 0 Å². The zero-order valence-corrected chi connectivity index (χ0v) is 8.54. The van der Waals surface area contributed by atoms with Gasteiger partial charge in [0.1, 0.15) is 11.8 Å². The molecule has 14 heavy (non-hydrogen) atoms. The molecule has 1 aliphatic heterocycles. The van der Waals surface area contributed by atoms with E-state index in [4.69, 9.17) is 4.74 Å². The Bertz CT molecular complexity index is 205. The summed E-state index contributed by atoms with van der Waals surface area (Å²) in [5.74, 6) is -0.0476. The van der Waals surface area contributed by atoms with Crippen molar-refractivity contribution in [2.75, 3.05) is 13.2 Å². The minimum absolute atomic E-state index is 0.169. The maximum absolute atomic E-state index is 11.4. The SMILES string of the molecule is CCCCOC(=O)C1CCC(=O)CN1. The Labute approximate surface area is 84.0 Å². The van der Waals surface area contributed by atoms with E-state index in [9.17, 15) is 9.59 Å². The molecule has 0 bridgehead atoms. The zero-order valence-electron chi connectivity index (χ0n) is 8.54. The number of rotatable bonds is 4. The monoisotopic (exact) mass is 199 g/mol. The van der Waals surface area contributed by atoms with E-state index in [2.05, 4.69) is 5.32 Å². The van der Waals surface area contributed by atoms with E-state index in [0.29, 0.717) is 26.0 Å². The Morgan fingerprint density at radius 1 is 1.64 bits per heavy atom. The van der Waals surface area contributed by atoms with Crippen LogP contribution in [0.3, 0.4) is 0 Å². The van der Waals surface area contributed by atoms with Crippen molar-refractivity contribution < 1.29 is 14.3 Å². The molecule has 0 radical (unpaired) electrons. The second-order valence-corrected chi connectivity index (χ2v) is 3.53. The van der Waals surface area contributed by atoms with E-state index in [0.717, 1.165) is 12.8 Å². The summed E-state index contributed by atoms with van der Waals surface area (Å²) in [4.78, 5) is 22.3. The third-order valence-corrected chi connectivity index (χ3v) is 2.28. The Morgan fingerprint density at radius 2 is 2.43 bits per heavy atom. The molecule has 1 rings (SSSR count). The number of piperidine rings is 1. The molecule has 1 atom stereocenters. The molecule has 0 aromatic rings. The van der Waals surface area contributed by atoms with Crippen LogP contribution < -0.4 is 5.32 Å². The summed E-state index contributed by atoms with van der Waals surface area (Å²) in [6.45, 7) is 2.83. The third kappa shape index (κ3) is 3.46. The van der Waals surface area contributed by atoms with E-state index in [1.165, 1.54) is 0 Å². The average Bonchev–Trinajstić information content (AvgIpc) is 2.19. The van der Waals surface area contributed by atoms with Crippen LogP contribution >= 0.6 is 0 Å². The summed E-state index contributed by atoms with van der Waals surface area (Å²) >= 11 is 0. The van der Waals surface area contributed by atoms with Crippen molar-refractivity contribution in [1.29, 1.82) is 0 Å². The van der Waals surface area contributed by atoms with Crippen molar-refractivity contribution >= 4 is 11.8 Å². The van der Waals surface area contributed by atoms with Crippen LogP contribution in [0.4, 0.5) is 0 Å². The molecular weight excluding hydrogens is 182 g/mol. The second kappa shape index (κ2) is 5.75. The van der Waals surface area contributed by atoms with Gasteiger partial charge in [-0.2, -0.15) is 0 Å². The quantitative estimate of drug-likeness (QED) is 0.533. The van der Waals surface area contributed by atoms with Crippen LogP contribution in [0, 0.1) is 0 Å². The highest BCUT2D eigenvalue weighted by atomic mass is 16.5. The summed E-state index contributed by atoms with van der Waals surface area (Å²) < 4.78 is 5.04. The lowest BCUT2D eigenvalue weighted by Gasteiger charge is -2.20. The van der Waals surface area contributed by atoms with Gasteiger partial charge in [0.2, 0.25) is 0 Å². The molecule has 1 saturated heterocycles. The van der Waals surface area contributed by atoms with Gasteiger partial charge in [-0.1, -0.05) is 13.3 Å². The van der Waals surface area contributed by atoms with Gasteiger partial charge in [0.05, 0.1) is 13.2 Å². The average molecular weight is 199 g/mol. The molecule has 80 valence electrons. The highest BCUT2D eigenvalue weighted by Gasteiger charge is 2.24. The van der Waals surface area contributed by atoms with Gasteiger partial charge in [-0.25, -0.2) is 0 Å². The molecule has 1 aliphatic rings. The van der Waals surface area contributed by atoms with Gasteiger partial charge in [0.25, 0.3) is 0 Å². The van der Waals surface area contributed by atoms with Crippen LogP contribution in [0.15, 0.2) is 0 Å². The molecule has 1 unspecified atom stereocenters. The first kappa shape index (κ1) is 11.2. The van der Waals surface area contributed by atoms with Crippen molar-refractivity contribution in [3.05, 3.63) is 0 Å². The smallest absolute Gasteiger partial charge is 0.323 e. The molecule has 1 heterocycles. The van der Waals surface area contributed by atoms with Crippen LogP contribution in [0.2, 0.25) is 0 Å². The molecule has 4 heteroatoms. The summed E-state index contributed by atoms with van der Waals surface area (Å²) in [6.07, 6.45) is 2.98. The molecular formula is C10H17NO3. The zero-order chi connectivity index (χ0) is 10.4. The number of Topliss-reactive ketones (excluding diaryl/α,β-unsaturated/α-hetero) is 1. The van der Waals surface area contributed by atoms with E-state index < -0.39 is 0 Å². The number of ketones is 1. The van der Waals surface area contributed by atoms with Gasteiger partial charge in [0.15, 0.2) is 0 Å². The van der Waals surface area contributed by atoms with Crippen molar-refractivity contribution in [3.63, 3.8) is 0 Å². The number of ether oxygens (including phenoxy) is 1. The molecule has 1 N–H and O–H groups in total. The van der Waals surface area contributed by atoms with Gasteiger partial charge in [-0.3, -0.25) is 14.9 Å². The van der Waals surface area contributed by atoms with Gasteiger partial charge < -0.3 is 4.74 Å². The maximum Gasteiger partial charge on any atom is 0.323 e. The fraction of sp³-hybridized carbons (Fsp3) is 0.800. The number of carbonyl (C=O) groups excluding carboxylic acids is 2. The molecule has 0 amide bonds. The first-order valence-electron chi connectivity index (χ1n) is 5.15. The lowest BCUT2D eigenvalue weighted by molar-refractivity contribution is -0.147. The second-order valence-electron chi connectivity index (χ2n) is 3.53. The normalized spacial score (nSPS) is 22.1. The number of carbonyl (C=O) groups is 2. The number of nitrogens with one attached hydrogen (secondary N) is 1. The lowest BCUT2D eigenvalue weighted by Crippen LogP contribution is -2.45. The van der Waals surface area contributed by atoms with Crippen LogP contribution in [-0.2, 0) is 14.3 Å². The lowest BCUT2D eigenvalue weighted by atomic mass is 10.0. The first-order chi connectivity index (χ1) is 6.74. The number of hydrogen-bond donors (Lipinski definition) is 1. The number of hydrogen-bond acceptors (Lipinski definition) is 4. The fourth-order valence-corrected chi connectivity index (χ4v) is 1.35. The van der Waals surface area contributed by atoms with Crippen molar-refractivity contribution in [2.45, 2.75) is 38.6 Å². The topological polar surface area (TPSA) is 55.4 Å². The standard InChI is InChI=1S/C10H17NO3/c1-2-3-6-14-10(13)9-5-4-8(12)7-11-9/h9,11H,2-7H2,1H3. The molecule has 1 fully saturated rings. The number of esters is 1. The van der Waals surface area contributed by atoms with Crippen LogP contribution in [0.5, 0.6) is 0 Å². The Balaban J connectivity index is 2.20. The minimum atomic E-state index is -0.274. The molecule has 4 nitrogen and oxygen atoms in total. The van der Waals surface area contributed by atoms with Gasteiger partial charge >= 0.3 is 5.97 Å². The van der Waals surface area contributed by atoms with Crippen LogP contribution in [-0.4, -0.2) is 30.9 Å². The molecule has 0 aromatic carbocycles. The van der Waals surface area contributed by atoms with Crippen molar-refractivity contribution in [2.24, 2.45) is 0 Å². The summed E-state index contributed by atoms with van der Waals surface area (Å²) in [5.41, 5.74) is 0. The number of unbranched alkanes of at least 4 members (excludes halogenated alkanes) is 1. The fourth-order valence-electron chi connectivity index (χ4n) is 1.35. The predicted octanol–water partition coefficient (Wildman–Crippen LogP) is 0.651. The summed E-state index contributed by atoms with van der Waals surface area (Å²) in [5, 5.41) is 2.87. The Kier molecular flexibility index (Phi) is 4.59. The van der Waals surface area contributed by atoms with Crippen LogP contribution in [0.1, 0.15) is 32.6 Å². The largest absolute Gasteiger partial charge is 0.465 e. The molecule has 0 aromatic heterocycles. The van der Waals surface area contributed by atoms with E-state index in [1.807, 2.05) is 6.92 Å². The van der Waals surface area contributed by atoms with Gasteiger partial charge in [-0.05, 0) is 12.8 Å². The Hall–Kier alpha value is -0.900. The third-order valence-electron chi connectivity index (χ3n) is 2.28. The molecule has 0 aliphatic carbocycles. The highest BCUT2D eigenvalue weighted by molar-refractivity contribution is 5.85. The first-order valence-corrected chi connectivity index (χ1v) is 5.15. The molecule has 0 spiro atoms. The predicted molar refractivity (Wildman–Crippen MR) is 51.9 cm³/mol. The van der Waals surface area contributed by atoms with Crippen LogP contribution in [0.25, 0.3) is 0 Å². The van der Waals surface area contributed by atoms with E-state index in [-0.39, 0.29) is 17.8 Å². The van der Waals surface area contributed by atoms with Crippen molar-refractivity contribution in [1.82, 2.24) is 5.32 Å². The van der Waals surface area contributed by atoms with Gasteiger partial charge in [0, 0.05) is 6.42 Å². The maximum atomic E-state index is 11.4. The van der Waals surface area contributed by atoms with Gasteiger partial charge in [-0.15, -0.1) is 0 Å².